The van der Waals surface area contributed by atoms with Gasteiger partial charge in [0.25, 0.3) is 0 Å². The second-order valence-electron chi connectivity index (χ2n) is 5.00. The maximum atomic E-state index is 5.84. The molecule has 1 rings (SSSR count). The summed E-state index contributed by atoms with van der Waals surface area (Å²) in [4.78, 5) is 0. The molecule has 1 aromatic rings. The summed E-state index contributed by atoms with van der Waals surface area (Å²) in [5.74, 6) is 0. The highest BCUT2D eigenvalue weighted by Gasteiger charge is 2.08. The molecule has 0 heterocycles. The Labute approximate surface area is 119 Å². The second kappa shape index (κ2) is 7.80. The largest absolute Gasteiger partial charge is 0.381 e. The maximum Gasteiger partial charge on any atom is 0.0383 e. The molecule has 18 heavy (non-hydrogen) atoms. The highest BCUT2D eigenvalue weighted by Crippen LogP contribution is 2.25. The molecule has 0 aromatic heterocycles. The second-order valence-corrected chi connectivity index (χ2v) is 5.79. The van der Waals surface area contributed by atoms with Crippen molar-refractivity contribution in [3.63, 3.8) is 0 Å². The fourth-order valence-electron chi connectivity index (χ4n) is 2.15. The van der Waals surface area contributed by atoms with Crippen molar-refractivity contribution in [1.29, 1.82) is 0 Å². The van der Waals surface area contributed by atoms with Crippen LogP contribution in [0.5, 0.6) is 0 Å². The van der Waals surface area contributed by atoms with Gasteiger partial charge in [-0.05, 0) is 43.5 Å². The van der Waals surface area contributed by atoms with Crippen LogP contribution in [0.4, 0.5) is 5.69 Å². The minimum Gasteiger partial charge on any atom is -0.381 e. The Hall–Kier alpha value is -0.540. The van der Waals surface area contributed by atoms with Crippen LogP contribution < -0.4 is 11.1 Å². The number of rotatable bonds is 7. The molecule has 0 amide bonds. The van der Waals surface area contributed by atoms with Crippen LogP contribution in [-0.2, 0) is 0 Å². The number of nitrogens with two attached hydrogens (primary N) is 1. The highest BCUT2D eigenvalue weighted by atomic mass is 79.9. The van der Waals surface area contributed by atoms with Gasteiger partial charge in [-0.25, -0.2) is 0 Å². The minimum atomic E-state index is 0.386. The summed E-state index contributed by atoms with van der Waals surface area (Å²) in [5.41, 5.74) is 9.55. The van der Waals surface area contributed by atoms with Crippen molar-refractivity contribution in [2.75, 3.05) is 11.9 Å². The van der Waals surface area contributed by atoms with Crippen molar-refractivity contribution in [3.8, 4) is 0 Å². The van der Waals surface area contributed by atoms with Gasteiger partial charge in [-0.15, -0.1) is 0 Å². The molecule has 0 spiro atoms. The summed E-state index contributed by atoms with van der Waals surface area (Å²) in [6.45, 7) is 7.16. The number of benzene rings is 1. The molecule has 0 aliphatic carbocycles. The topological polar surface area (TPSA) is 38.0 Å². The van der Waals surface area contributed by atoms with E-state index in [9.17, 15) is 0 Å². The zero-order valence-electron chi connectivity index (χ0n) is 11.7. The number of halogens is 1. The summed E-state index contributed by atoms with van der Waals surface area (Å²) in [6.07, 6.45) is 4.95. The van der Waals surface area contributed by atoms with Crippen LogP contribution in [0.1, 0.15) is 43.7 Å². The Morgan fingerprint density at radius 2 is 1.83 bits per heavy atom. The van der Waals surface area contributed by atoms with Gasteiger partial charge in [0, 0.05) is 22.7 Å². The average Bonchev–Trinajstić information content (AvgIpc) is 2.34. The van der Waals surface area contributed by atoms with Crippen LogP contribution in [0.3, 0.4) is 0 Å². The first-order valence-electron chi connectivity index (χ1n) is 6.81. The monoisotopic (exact) mass is 312 g/mol. The highest BCUT2D eigenvalue weighted by molar-refractivity contribution is 9.10. The van der Waals surface area contributed by atoms with Crippen LogP contribution in [0.15, 0.2) is 16.6 Å². The van der Waals surface area contributed by atoms with E-state index in [1.54, 1.807) is 0 Å². The Bertz CT molecular complexity index is 354. The molecular formula is C15H25BrN2. The SMILES string of the molecule is CCCCCC(CN)Nc1cc(C)c(Br)c(C)c1. The number of anilines is 1. The number of aryl methyl sites for hydroxylation is 2. The third-order valence-corrected chi connectivity index (χ3v) is 4.50. The van der Waals surface area contributed by atoms with Crippen molar-refractivity contribution in [1.82, 2.24) is 0 Å². The zero-order valence-corrected chi connectivity index (χ0v) is 13.3. The molecule has 0 aliphatic heterocycles. The van der Waals surface area contributed by atoms with Gasteiger partial charge in [0.05, 0.1) is 0 Å². The van der Waals surface area contributed by atoms with E-state index >= 15 is 0 Å². The van der Waals surface area contributed by atoms with E-state index in [1.807, 2.05) is 0 Å². The van der Waals surface area contributed by atoms with Gasteiger partial charge >= 0.3 is 0 Å². The molecule has 2 nitrogen and oxygen atoms in total. The Morgan fingerprint density at radius 3 is 2.33 bits per heavy atom. The summed E-state index contributed by atoms with van der Waals surface area (Å²) in [5, 5.41) is 3.55. The minimum absolute atomic E-state index is 0.386. The van der Waals surface area contributed by atoms with Crippen molar-refractivity contribution in [3.05, 3.63) is 27.7 Å². The van der Waals surface area contributed by atoms with Gasteiger partial charge in [-0.3, -0.25) is 0 Å². The zero-order chi connectivity index (χ0) is 13.5. The van der Waals surface area contributed by atoms with Crippen LogP contribution in [-0.4, -0.2) is 12.6 Å². The average molecular weight is 313 g/mol. The van der Waals surface area contributed by atoms with E-state index in [2.05, 4.69) is 54.2 Å². The van der Waals surface area contributed by atoms with Crippen molar-refractivity contribution < 1.29 is 0 Å². The summed E-state index contributed by atoms with van der Waals surface area (Å²) < 4.78 is 1.20. The fraction of sp³-hybridized carbons (Fsp3) is 0.600. The fourth-order valence-corrected chi connectivity index (χ4v) is 2.38. The molecule has 102 valence electrons. The number of hydrogen-bond donors (Lipinski definition) is 2. The lowest BCUT2D eigenvalue weighted by Gasteiger charge is -2.19. The van der Waals surface area contributed by atoms with Crippen LogP contribution in [0, 0.1) is 13.8 Å². The Morgan fingerprint density at radius 1 is 1.22 bits per heavy atom. The van der Waals surface area contributed by atoms with Crippen molar-refractivity contribution >= 4 is 21.6 Å². The first-order chi connectivity index (χ1) is 8.58. The normalized spacial score (nSPS) is 12.5. The van der Waals surface area contributed by atoms with Crippen molar-refractivity contribution in [2.45, 2.75) is 52.5 Å². The third kappa shape index (κ3) is 4.62. The third-order valence-electron chi connectivity index (χ3n) is 3.25. The molecule has 3 heteroatoms. The van der Waals surface area contributed by atoms with Crippen LogP contribution >= 0.6 is 15.9 Å². The van der Waals surface area contributed by atoms with Gasteiger partial charge in [0.15, 0.2) is 0 Å². The summed E-state index contributed by atoms with van der Waals surface area (Å²) in [7, 11) is 0. The molecule has 0 saturated heterocycles. The molecule has 0 fully saturated rings. The molecule has 3 N–H and O–H groups in total. The van der Waals surface area contributed by atoms with E-state index in [-0.39, 0.29) is 0 Å². The summed E-state index contributed by atoms with van der Waals surface area (Å²) in [6, 6.07) is 4.75. The van der Waals surface area contributed by atoms with Gasteiger partial charge in [-0.2, -0.15) is 0 Å². The lowest BCUT2D eigenvalue weighted by molar-refractivity contribution is 0.591. The Kier molecular flexibility index (Phi) is 6.72. The first-order valence-corrected chi connectivity index (χ1v) is 7.61. The Balaban J connectivity index is 2.64. The predicted molar refractivity (Wildman–Crippen MR) is 84.2 cm³/mol. The van der Waals surface area contributed by atoms with E-state index in [4.69, 9.17) is 5.73 Å². The van der Waals surface area contributed by atoms with Gasteiger partial charge < -0.3 is 11.1 Å². The lowest BCUT2D eigenvalue weighted by Crippen LogP contribution is -2.28. The molecule has 1 aromatic carbocycles. The van der Waals surface area contributed by atoms with E-state index < -0.39 is 0 Å². The number of nitrogens with one attached hydrogen (secondary N) is 1. The smallest absolute Gasteiger partial charge is 0.0383 e. The van der Waals surface area contributed by atoms with E-state index in [1.165, 1.54) is 40.5 Å². The first kappa shape index (κ1) is 15.5. The predicted octanol–water partition coefficient (Wildman–Crippen LogP) is 4.39. The van der Waals surface area contributed by atoms with Gasteiger partial charge in [0.1, 0.15) is 0 Å². The standard InChI is InChI=1S/C15H25BrN2/c1-4-5-6-7-13(10-17)18-14-8-11(2)15(16)12(3)9-14/h8-9,13,18H,4-7,10,17H2,1-3H3. The molecule has 0 radical (unpaired) electrons. The lowest BCUT2D eigenvalue weighted by atomic mass is 10.1. The van der Waals surface area contributed by atoms with E-state index in [0.717, 1.165) is 6.42 Å². The molecule has 0 aliphatic rings. The van der Waals surface area contributed by atoms with Gasteiger partial charge in [-0.1, -0.05) is 42.1 Å². The molecular weight excluding hydrogens is 288 g/mol. The van der Waals surface area contributed by atoms with E-state index in [0.29, 0.717) is 12.6 Å². The molecule has 0 bridgehead atoms. The summed E-state index contributed by atoms with van der Waals surface area (Å²) >= 11 is 3.60. The maximum absolute atomic E-state index is 5.84. The number of unbranched alkanes of at least 4 members (excludes halogenated alkanes) is 2. The molecule has 0 saturated carbocycles. The van der Waals surface area contributed by atoms with Crippen molar-refractivity contribution in [2.24, 2.45) is 5.73 Å². The van der Waals surface area contributed by atoms with Gasteiger partial charge in [0.2, 0.25) is 0 Å². The molecule has 1 atom stereocenters. The van der Waals surface area contributed by atoms with Crippen LogP contribution in [0.2, 0.25) is 0 Å². The van der Waals surface area contributed by atoms with Crippen LogP contribution in [0.25, 0.3) is 0 Å². The quantitative estimate of drug-likeness (QED) is 0.733. The number of hydrogen-bond acceptors (Lipinski definition) is 2. The molecule has 1 unspecified atom stereocenters.